The maximum Gasteiger partial charge on any atom is 0.0933 e. The van der Waals surface area contributed by atoms with Crippen molar-refractivity contribution in [2.45, 2.75) is 37.8 Å². The first-order valence-corrected chi connectivity index (χ1v) is 10.1. The van der Waals surface area contributed by atoms with E-state index in [1.807, 2.05) is 24.5 Å². The summed E-state index contributed by atoms with van der Waals surface area (Å²) in [5.74, 6) is 0. The number of rotatable bonds is 4. The number of para-hydroxylation sites is 2. The smallest absolute Gasteiger partial charge is 0.0933 e. The van der Waals surface area contributed by atoms with Crippen molar-refractivity contribution in [3.63, 3.8) is 0 Å². The van der Waals surface area contributed by atoms with Gasteiger partial charge in [-0.1, -0.05) is 49.2 Å². The van der Waals surface area contributed by atoms with Crippen LogP contribution in [-0.2, 0) is 0 Å². The van der Waals surface area contributed by atoms with Crippen LogP contribution in [0.15, 0.2) is 73.1 Å². The Morgan fingerprint density at radius 1 is 0.607 bits per heavy atom. The molecule has 140 valence electrons. The Labute approximate surface area is 165 Å². The molecule has 0 spiro atoms. The number of hydrogen-bond donors (Lipinski definition) is 2. The van der Waals surface area contributed by atoms with Crippen molar-refractivity contribution >= 4 is 33.2 Å². The molecule has 1 fully saturated rings. The molecule has 0 amide bonds. The molecule has 28 heavy (non-hydrogen) atoms. The number of fused-ring (bicyclic) bond motifs is 2. The molecule has 1 aliphatic carbocycles. The maximum atomic E-state index is 4.60. The number of nitrogens with one attached hydrogen (secondary N) is 2. The minimum Gasteiger partial charge on any atom is -0.378 e. The molecule has 4 nitrogen and oxygen atoms in total. The third kappa shape index (κ3) is 3.26. The van der Waals surface area contributed by atoms with Gasteiger partial charge in [0, 0.05) is 35.2 Å². The van der Waals surface area contributed by atoms with E-state index in [2.05, 4.69) is 69.1 Å². The summed E-state index contributed by atoms with van der Waals surface area (Å²) in [6, 6.07) is 21.7. The first kappa shape index (κ1) is 17.0. The number of hydrogen-bond acceptors (Lipinski definition) is 4. The zero-order valence-electron chi connectivity index (χ0n) is 15.8. The molecular weight excluding hydrogens is 344 g/mol. The van der Waals surface area contributed by atoms with Gasteiger partial charge in [-0.15, -0.1) is 0 Å². The van der Waals surface area contributed by atoms with Crippen LogP contribution < -0.4 is 10.6 Å². The molecule has 2 heterocycles. The summed E-state index contributed by atoms with van der Waals surface area (Å²) in [5.41, 5.74) is 4.32. The predicted octanol–water partition coefficient (Wildman–Crippen LogP) is 5.62. The third-order valence-corrected chi connectivity index (χ3v) is 5.71. The van der Waals surface area contributed by atoms with Crippen LogP contribution >= 0.6 is 0 Å². The molecule has 2 aromatic heterocycles. The zero-order chi connectivity index (χ0) is 18.8. The SMILES string of the molecule is c1cnc2c(N[C@@H]3CCCC[C@H]3Nc3cccc4cccnc34)cccc2c1. The highest BCUT2D eigenvalue weighted by Gasteiger charge is 2.26. The van der Waals surface area contributed by atoms with E-state index >= 15 is 0 Å². The molecule has 2 N–H and O–H groups in total. The molecule has 1 saturated carbocycles. The quantitative estimate of drug-likeness (QED) is 0.491. The van der Waals surface area contributed by atoms with Crippen LogP contribution in [0.2, 0.25) is 0 Å². The fourth-order valence-corrected chi connectivity index (χ4v) is 4.32. The Hall–Kier alpha value is -3.14. The summed E-state index contributed by atoms with van der Waals surface area (Å²) in [5, 5.41) is 9.94. The highest BCUT2D eigenvalue weighted by molar-refractivity contribution is 5.91. The topological polar surface area (TPSA) is 49.8 Å². The lowest BCUT2D eigenvalue weighted by Gasteiger charge is -2.34. The summed E-state index contributed by atoms with van der Waals surface area (Å²) < 4.78 is 0. The standard InChI is InChI=1S/C24H24N4/c1-2-12-20(28-22-14-4-8-18-10-6-16-26-24(18)22)19(11-1)27-21-13-3-7-17-9-5-15-25-23(17)21/h3-10,13-16,19-20,27-28H,1-2,11-12H2/t19-,20-/m1/s1. The molecule has 5 rings (SSSR count). The van der Waals surface area contributed by atoms with Crippen LogP contribution in [0.4, 0.5) is 11.4 Å². The zero-order valence-corrected chi connectivity index (χ0v) is 15.8. The van der Waals surface area contributed by atoms with E-state index in [0.717, 1.165) is 35.2 Å². The van der Waals surface area contributed by atoms with Gasteiger partial charge in [0.05, 0.1) is 22.4 Å². The summed E-state index contributed by atoms with van der Waals surface area (Å²) in [6.07, 6.45) is 8.54. The van der Waals surface area contributed by atoms with Crippen LogP contribution in [0.5, 0.6) is 0 Å². The van der Waals surface area contributed by atoms with Gasteiger partial charge in [-0.05, 0) is 37.1 Å². The van der Waals surface area contributed by atoms with Crippen molar-refractivity contribution in [2.75, 3.05) is 10.6 Å². The van der Waals surface area contributed by atoms with Gasteiger partial charge in [-0.2, -0.15) is 0 Å². The molecule has 2 atom stereocenters. The Balaban J connectivity index is 1.44. The molecule has 0 unspecified atom stereocenters. The number of aromatic nitrogens is 2. The summed E-state index contributed by atoms with van der Waals surface area (Å²) in [4.78, 5) is 9.21. The lowest BCUT2D eigenvalue weighted by molar-refractivity contribution is 0.424. The van der Waals surface area contributed by atoms with Crippen molar-refractivity contribution in [3.8, 4) is 0 Å². The van der Waals surface area contributed by atoms with Crippen LogP contribution in [0.25, 0.3) is 21.8 Å². The molecule has 1 aliphatic rings. The minimum atomic E-state index is 0.361. The molecule has 4 heteroatoms. The van der Waals surface area contributed by atoms with Gasteiger partial charge < -0.3 is 10.6 Å². The second kappa shape index (κ2) is 7.47. The number of benzene rings is 2. The first-order chi connectivity index (χ1) is 13.9. The van der Waals surface area contributed by atoms with E-state index in [0.29, 0.717) is 12.1 Å². The lowest BCUT2D eigenvalue weighted by atomic mass is 9.89. The Morgan fingerprint density at radius 3 is 1.57 bits per heavy atom. The predicted molar refractivity (Wildman–Crippen MR) is 117 cm³/mol. The van der Waals surface area contributed by atoms with Crippen LogP contribution in [0, 0.1) is 0 Å². The largest absolute Gasteiger partial charge is 0.378 e. The van der Waals surface area contributed by atoms with Gasteiger partial charge in [-0.3, -0.25) is 9.97 Å². The van der Waals surface area contributed by atoms with Crippen molar-refractivity contribution in [1.29, 1.82) is 0 Å². The lowest BCUT2D eigenvalue weighted by Crippen LogP contribution is -2.41. The van der Waals surface area contributed by atoms with Crippen molar-refractivity contribution < 1.29 is 0 Å². The van der Waals surface area contributed by atoms with Gasteiger partial charge in [-0.25, -0.2) is 0 Å². The summed E-state index contributed by atoms with van der Waals surface area (Å²) in [6.45, 7) is 0. The average Bonchev–Trinajstić information content (AvgIpc) is 2.76. The van der Waals surface area contributed by atoms with Gasteiger partial charge >= 0.3 is 0 Å². The number of pyridine rings is 2. The Morgan fingerprint density at radius 2 is 1.07 bits per heavy atom. The van der Waals surface area contributed by atoms with Crippen LogP contribution in [-0.4, -0.2) is 22.1 Å². The molecular formula is C24H24N4. The highest BCUT2D eigenvalue weighted by Crippen LogP contribution is 2.30. The van der Waals surface area contributed by atoms with Gasteiger partial charge in [0.1, 0.15) is 0 Å². The van der Waals surface area contributed by atoms with E-state index in [-0.39, 0.29) is 0 Å². The van der Waals surface area contributed by atoms with Gasteiger partial charge in [0.25, 0.3) is 0 Å². The van der Waals surface area contributed by atoms with E-state index < -0.39 is 0 Å². The molecule has 0 bridgehead atoms. The molecule has 2 aromatic carbocycles. The highest BCUT2D eigenvalue weighted by atomic mass is 15.0. The van der Waals surface area contributed by atoms with E-state index in [9.17, 15) is 0 Å². The molecule has 0 aliphatic heterocycles. The molecule has 4 aromatic rings. The molecule has 0 radical (unpaired) electrons. The fraction of sp³-hybridized carbons (Fsp3) is 0.250. The Kier molecular flexibility index (Phi) is 4.53. The summed E-state index contributed by atoms with van der Waals surface area (Å²) >= 11 is 0. The van der Waals surface area contributed by atoms with Crippen molar-refractivity contribution in [2.24, 2.45) is 0 Å². The number of anilines is 2. The van der Waals surface area contributed by atoms with Crippen LogP contribution in [0.1, 0.15) is 25.7 Å². The third-order valence-electron chi connectivity index (χ3n) is 5.71. The van der Waals surface area contributed by atoms with Gasteiger partial charge in [0.15, 0.2) is 0 Å². The molecule has 0 saturated heterocycles. The fourth-order valence-electron chi connectivity index (χ4n) is 4.32. The van der Waals surface area contributed by atoms with Crippen molar-refractivity contribution in [1.82, 2.24) is 9.97 Å². The minimum absolute atomic E-state index is 0.361. The second-order valence-corrected chi connectivity index (χ2v) is 7.55. The Bertz CT molecular complexity index is 1010. The van der Waals surface area contributed by atoms with Gasteiger partial charge in [0.2, 0.25) is 0 Å². The summed E-state index contributed by atoms with van der Waals surface area (Å²) in [7, 11) is 0. The maximum absolute atomic E-state index is 4.60. The van der Waals surface area contributed by atoms with E-state index in [1.165, 1.54) is 23.6 Å². The monoisotopic (exact) mass is 368 g/mol. The second-order valence-electron chi connectivity index (χ2n) is 7.55. The average molecular weight is 368 g/mol. The van der Waals surface area contributed by atoms with Crippen LogP contribution in [0.3, 0.4) is 0 Å². The van der Waals surface area contributed by atoms with Crippen molar-refractivity contribution in [3.05, 3.63) is 73.1 Å². The first-order valence-electron chi connectivity index (χ1n) is 10.1. The number of nitrogens with zero attached hydrogens (tertiary/aromatic N) is 2. The van der Waals surface area contributed by atoms with E-state index in [4.69, 9.17) is 0 Å². The van der Waals surface area contributed by atoms with E-state index in [1.54, 1.807) is 0 Å². The normalized spacial score (nSPS) is 19.6.